The van der Waals surface area contributed by atoms with Gasteiger partial charge in [0.1, 0.15) is 11.9 Å². The molecule has 1 aliphatic rings. The van der Waals surface area contributed by atoms with E-state index in [0.717, 1.165) is 5.56 Å². The highest BCUT2D eigenvalue weighted by molar-refractivity contribution is 5.92. The Kier molecular flexibility index (Phi) is 5.63. The third-order valence-corrected chi connectivity index (χ3v) is 4.71. The Morgan fingerprint density at radius 1 is 1.04 bits per heavy atom. The highest BCUT2D eigenvalue weighted by Crippen LogP contribution is 2.22. The smallest absolute Gasteiger partial charge is 0.244 e. The van der Waals surface area contributed by atoms with Gasteiger partial charge in [0.15, 0.2) is 0 Å². The Labute approximate surface area is 152 Å². The van der Waals surface area contributed by atoms with Gasteiger partial charge < -0.3 is 16.0 Å². The van der Waals surface area contributed by atoms with E-state index in [1.165, 1.54) is 24.3 Å². The van der Waals surface area contributed by atoms with Crippen LogP contribution < -0.4 is 11.1 Å². The van der Waals surface area contributed by atoms with E-state index in [1.807, 2.05) is 30.3 Å². The number of hydrogen-bond donors (Lipinski definition) is 2. The fraction of sp³-hybridized carbons (Fsp3) is 0.300. The Morgan fingerprint density at radius 2 is 1.65 bits per heavy atom. The molecule has 3 rings (SSSR count). The molecule has 0 saturated carbocycles. The zero-order chi connectivity index (χ0) is 18.5. The van der Waals surface area contributed by atoms with Gasteiger partial charge in [0.05, 0.1) is 0 Å². The lowest BCUT2D eigenvalue weighted by molar-refractivity contribution is -0.135. The minimum atomic E-state index is -0.680. The van der Waals surface area contributed by atoms with Gasteiger partial charge in [-0.25, -0.2) is 4.39 Å². The molecule has 0 radical (unpaired) electrons. The number of halogens is 1. The molecule has 1 saturated heterocycles. The SMILES string of the molecule is NC(C(=O)N1CCC(C(=O)Nc2ccc(F)cc2)CC1)c1ccccc1. The predicted molar refractivity (Wildman–Crippen MR) is 97.7 cm³/mol. The number of carbonyl (C=O) groups excluding carboxylic acids is 2. The Balaban J connectivity index is 1.52. The summed E-state index contributed by atoms with van der Waals surface area (Å²) in [7, 11) is 0. The molecule has 1 atom stereocenters. The fourth-order valence-electron chi connectivity index (χ4n) is 3.14. The number of nitrogens with two attached hydrogens (primary N) is 1. The summed E-state index contributed by atoms with van der Waals surface area (Å²) >= 11 is 0. The molecule has 0 aromatic heterocycles. The van der Waals surface area contributed by atoms with Crippen molar-refractivity contribution in [2.45, 2.75) is 18.9 Å². The Hall–Kier alpha value is -2.73. The number of carbonyl (C=O) groups is 2. The van der Waals surface area contributed by atoms with Crippen molar-refractivity contribution >= 4 is 17.5 Å². The van der Waals surface area contributed by atoms with E-state index >= 15 is 0 Å². The van der Waals surface area contributed by atoms with Crippen LogP contribution in [0.25, 0.3) is 0 Å². The summed E-state index contributed by atoms with van der Waals surface area (Å²) in [6, 6.07) is 14.3. The number of nitrogens with one attached hydrogen (secondary N) is 1. The predicted octanol–water partition coefficient (Wildman–Crippen LogP) is 2.70. The van der Waals surface area contributed by atoms with Gasteiger partial charge in [0, 0.05) is 24.7 Å². The quantitative estimate of drug-likeness (QED) is 0.885. The average molecular weight is 355 g/mol. The molecule has 2 aromatic carbocycles. The van der Waals surface area contributed by atoms with Gasteiger partial charge >= 0.3 is 0 Å². The van der Waals surface area contributed by atoms with Crippen LogP contribution in [-0.4, -0.2) is 29.8 Å². The lowest BCUT2D eigenvalue weighted by Gasteiger charge is -2.33. The number of likely N-dealkylation sites (tertiary alicyclic amines) is 1. The first-order valence-electron chi connectivity index (χ1n) is 8.70. The summed E-state index contributed by atoms with van der Waals surface area (Å²) in [6.07, 6.45) is 1.17. The fourth-order valence-corrected chi connectivity index (χ4v) is 3.14. The number of hydrogen-bond acceptors (Lipinski definition) is 3. The van der Waals surface area contributed by atoms with Crippen molar-refractivity contribution in [3.63, 3.8) is 0 Å². The molecule has 1 heterocycles. The van der Waals surface area contributed by atoms with E-state index in [1.54, 1.807) is 4.90 Å². The number of anilines is 1. The second-order valence-electron chi connectivity index (χ2n) is 6.48. The van der Waals surface area contributed by atoms with Crippen molar-refractivity contribution in [3.8, 4) is 0 Å². The van der Waals surface area contributed by atoms with Crippen molar-refractivity contribution in [1.82, 2.24) is 4.90 Å². The summed E-state index contributed by atoms with van der Waals surface area (Å²) in [6.45, 7) is 1.00. The first-order valence-corrected chi connectivity index (χ1v) is 8.70. The van der Waals surface area contributed by atoms with E-state index in [9.17, 15) is 14.0 Å². The summed E-state index contributed by atoms with van der Waals surface area (Å²) in [5.74, 6) is -0.730. The summed E-state index contributed by atoms with van der Waals surface area (Å²) in [4.78, 5) is 26.6. The first kappa shape index (κ1) is 18.1. The van der Waals surface area contributed by atoms with Gasteiger partial charge in [-0.05, 0) is 42.7 Å². The average Bonchev–Trinajstić information content (AvgIpc) is 2.69. The summed E-state index contributed by atoms with van der Waals surface area (Å²) in [5.41, 5.74) is 7.43. The molecule has 1 unspecified atom stereocenters. The van der Waals surface area contributed by atoms with Crippen LogP contribution in [0.1, 0.15) is 24.4 Å². The highest BCUT2D eigenvalue weighted by Gasteiger charge is 2.30. The Bertz CT molecular complexity index is 756. The van der Waals surface area contributed by atoms with Crippen molar-refractivity contribution in [1.29, 1.82) is 0 Å². The van der Waals surface area contributed by atoms with E-state index in [0.29, 0.717) is 31.6 Å². The normalized spacial score (nSPS) is 16.2. The first-order chi connectivity index (χ1) is 12.5. The molecule has 6 heteroatoms. The molecule has 1 fully saturated rings. The topological polar surface area (TPSA) is 75.4 Å². The molecule has 5 nitrogen and oxygen atoms in total. The van der Waals surface area contributed by atoms with Crippen LogP contribution >= 0.6 is 0 Å². The minimum Gasteiger partial charge on any atom is -0.341 e. The van der Waals surface area contributed by atoms with Gasteiger partial charge in [-0.2, -0.15) is 0 Å². The highest BCUT2D eigenvalue weighted by atomic mass is 19.1. The number of nitrogens with zero attached hydrogens (tertiary/aromatic N) is 1. The van der Waals surface area contributed by atoms with Gasteiger partial charge in [-0.1, -0.05) is 30.3 Å². The molecule has 2 amide bonds. The number of piperidine rings is 1. The number of amides is 2. The van der Waals surface area contributed by atoms with Crippen LogP contribution in [-0.2, 0) is 9.59 Å². The van der Waals surface area contributed by atoms with Gasteiger partial charge in [-0.15, -0.1) is 0 Å². The molecule has 0 spiro atoms. The van der Waals surface area contributed by atoms with Gasteiger partial charge in [0.25, 0.3) is 0 Å². The van der Waals surface area contributed by atoms with Crippen molar-refractivity contribution in [3.05, 3.63) is 66.0 Å². The zero-order valence-electron chi connectivity index (χ0n) is 14.4. The van der Waals surface area contributed by atoms with Crippen LogP contribution in [0, 0.1) is 11.7 Å². The third-order valence-electron chi connectivity index (χ3n) is 4.71. The van der Waals surface area contributed by atoms with Crippen molar-refractivity contribution in [2.75, 3.05) is 18.4 Å². The maximum Gasteiger partial charge on any atom is 0.244 e. The minimum absolute atomic E-state index is 0.101. The van der Waals surface area contributed by atoms with Crippen LogP contribution in [0.5, 0.6) is 0 Å². The lowest BCUT2D eigenvalue weighted by atomic mass is 9.94. The number of benzene rings is 2. The second-order valence-corrected chi connectivity index (χ2v) is 6.48. The maximum atomic E-state index is 12.9. The van der Waals surface area contributed by atoms with Crippen molar-refractivity contribution in [2.24, 2.45) is 11.7 Å². The molecule has 136 valence electrons. The van der Waals surface area contributed by atoms with Crippen LogP contribution in [0.4, 0.5) is 10.1 Å². The Morgan fingerprint density at radius 3 is 2.27 bits per heavy atom. The molecular formula is C20H22FN3O2. The third kappa shape index (κ3) is 4.26. The standard InChI is InChI=1S/C20H22FN3O2/c21-16-6-8-17(9-7-16)23-19(25)15-10-12-24(13-11-15)20(26)18(22)14-4-2-1-3-5-14/h1-9,15,18H,10-13,22H2,(H,23,25). The molecule has 0 bridgehead atoms. The summed E-state index contributed by atoms with van der Waals surface area (Å²) < 4.78 is 12.9. The monoisotopic (exact) mass is 355 g/mol. The largest absolute Gasteiger partial charge is 0.341 e. The molecule has 2 aromatic rings. The van der Waals surface area contributed by atoms with Crippen LogP contribution in [0.2, 0.25) is 0 Å². The van der Waals surface area contributed by atoms with Crippen LogP contribution in [0.3, 0.4) is 0 Å². The molecule has 3 N–H and O–H groups in total. The van der Waals surface area contributed by atoms with Gasteiger partial charge in [0.2, 0.25) is 11.8 Å². The molecule has 26 heavy (non-hydrogen) atoms. The lowest BCUT2D eigenvalue weighted by Crippen LogP contribution is -2.45. The van der Waals surface area contributed by atoms with Crippen LogP contribution in [0.15, 0.2) is 54.6 Å². The second kappa shape index (κ2) is 8.10. The van der Waals surface area contributed by atoms with E-state index < -0.39 is 6.04 Å². The van der Waals surface area contributed by atoms with E-state index in [2.05, 4.69) is 5.32 Å². The number of rotatable bonds is 4. The summed E-state index contributed by atoms with van der Waals surface area (Å²) in [5, 5.41) is 2.80. The van der Waals surface area contributed by atoms with Gasteiger partial charge in [-0.3, -0.25) is 9.59 Å². The van der Waals surface area contributed by atoms with E-state index in [4.69, 9.17) is 5.73 Å². The molecule has 0 aliphatic carbocycles. The maximum absolute atomic E-state index is 12.9. The van der Waals surface area contributed by atoms with Crippen molar-refractivity contribution < 1.29 is 14.0 Å². The molecular weight excluding hydrogens is 333 g/mol. The van der Waals surface area contributed by atoms with E-state index in [-0.39, 0.29) is 23.5 Å². The molecule has 1 aliphatic heterocycles. The zero-order valence-corrected chi connectivity index (χ0v) is 14.4.